The summed E-state index contributed by atoms with van der Waals surface area (Å²) in [5, 5.41) is 22.2. The number of aromatic nitrogens is 6. The number of ether oxygens (including phenoxy) is 1. The number of hydrogen-bond acceptors (Lipinski definition) is 13. The van der Waals surface area contributed by atoms with Crippen LogP contribution in [0, 0.1) is 0 Å². The van der Waals surface area contributed by atoms with Crippen LogP contribution in [0.4, 0.5) is 15.1 Å². The topological polar surface area (TPSA) is 179 Å². The van der Waals surface area contributed by atoms with E-state index >= 15 is 0 Å². The Kier molecular flexibility index (Phi) is 8.76. The van der Waals surface area contributed by atoms with Gasteiger partial charge in [0.05, 0.1) is 24.1 Å². The Labute approximate surface area is 219 Å². The Hall–Kier alpha value is -3.89. The summed E-state index contributed by atoms with van der Waals surface area (Å²) in [6, 6.07) is 6.73. The van der Waals surface area contributed by atoms with E-state index in [1.165, 1.54) is 6.20 Å². The second-order valence-electron chi connectivity index (χ2n) is 7.44. The van der Waals surface area contributed by atoms with Crippen LogP contribution in [0.25, 0.3) is 0 Å². The molecule has 4 aromatic heterocycles. The highest BCUT2D eigenvalue weighted by Gasteiger charge is 2.17. The standard InChI is InChI=1S/C21H20N8O5S3/c30-16(11-14-3-1-7-22-12-14)24-19-28-26-17(35-19)5-9-37(32,33)10-6-18-27-29-20(36-18)25-21(31)34-15-4-2-8-23-13-15/h1-4,7-8,12-13H,5-6,9-11H2,(H,24,28,30)(H,25,29,31). The lowest BCUT2D eigenvalue weighted by molar-refractivity contribution is -0.115. The summed E-state index contributed by atoms with van der Waals surface area (Å²) in [5.41, 5.74) is 0.763. The Morgan fingerprint density at radius 1 is 0.838 bits per heavy atom. The summed E-state index contributed by atoms with van der Waals surface area (Å²) in [6.07, 6.45) is 5.86. The van der Waals surface area contributed by atoms with E-state index in [0.29, 0.717) is 15.1 Å². The molecule has 2 amide bonds. The van der Waals surface area contributed by atoms with Gasteiger partial charge in [0.15, 0.2) is 15.6 Å². The molecule has 0 aromatic carbocycles. The molecule has 0 radical (unpaired) electrons. The number of carbonyl (C=O) groups is 2. The number of carbonyl (C=O) groups excluding carboxylic acids is 2. The average Bonchev–Trinajstić information content (AvgIpc) is 3.52. The summed E-state index contributed by atoms with van der Waals surface area (Å²) in [5.74, 6) is -0.271. The van der Waals surface area contributed by atoms with Crippen molar-refractivity contribution < 1.29 is 22.7 Å². The number of nitrogens with zero attached hydrogens (tertiary/aromatic N) is 6. The Balaban J connectivity index is 1.20. The van der Waals surface area contributed by atoms with Crippen molar-refractivity contribution in [2.24, 2.45) is 0 Å². The number of nitrogens with one attached hydrogen (secondary N) is 2. The summed E-state index contributed by atoms with van der Waals surface area (Å²) < 4.78 is 30.0. The van der Waals surface area contributed by atoms with E-state index in [1.807, 2.05) is 0 Å². The largest absolute Gasteiger partial charge is 0.419 e. The first kappa shape index (κ1) is 26.2. The number of anilines is 2. The van der Waals surface area contributed by atoms with Crippen molar-refractivity contribution in [1.82, 2.24) is 30.4 Å². The van der Waals surface area contributed by atoms with Gasteiger partial charge in [-0.05, 0) is 23.8 Å². The molecule has 0 saturated heterocycles. The van der Waals surface area contributed by atoms with Gasteiger partial charge in [0.2, 0.25) is 16.2 Å². The van der Waals surface area contributed by atoms with Crippen LogP contribution in [0.5, 0.6) is 5.75 Å². The minimum Gasteiger partial charge on any atom is -0.408 e. The van der Waals surface area contributed by atoms with Crippen LogP contribution in [0.15, 0.2) is 49.1 Å². The third-order valence-electron chi connectivity index (χ3n) is 4.58. The molecule has 0 bridgehead atoms. The van der Waals surface area contributed by atoms with Gasteiger partial charge in [0.25, 0.3) is 0 Å². The number of sulfone groups is 1. The zero-order chi connectivity index (χ0) is 26.1. The quantitative estimate of drug-likeness (QED) is 0.274. The van der Waals surface area contributed by atoms with Crippen LogP contribution in [0.3, 0.4) is 0 Å². The molecule has 0 fully saturated rings. The molecular weight excluding hydrogens is 540 g/mol. The normalized spacial score (nSPS) is 11.1. The van der Waals surface area contributed by atoms with Crippen LogP contribution in [0.1, 0.15) is 15.6 Å². The van der Waals surface area contributed by atoms with E-state index in [1.54, 1.807) is 42.9 Å². The van der Waals surface area contributed by atoms with Crippen molar-refractivity contribution in [2.45, 2.75) is 19.3 Å². The Bertz CT molecular complexity index is 1340. The van der Waals surface area contributed by atoms with Crippen LogP contribution < -0.4 is 15.4 Å². The number of pyridine rings is 2. The lowest BCUT2D eigenvalue weighted by atomic mass is 10.2. The van der Waals surface area contributed by atoms with Crippen LogP contribution in [-0.4, -0.2) is 62.3 Å². The molecule has 2 N–H and O–H groups in total. The predicted molar refractivity (Wildman–Crippen MR) is 136 cm³/mol. The molecule has 0 unspecified atom stereocenters. The van der Waals surface area contributed by atoms with Crippen molar-refractivity contribution in [3.63, 3.8) is 0 Å². The van der Waals surface area contributed by atoms with Gasteiger partial charge in [-0.25, -0.2) is 13.2 Å². The predicted octanol–water partition coefficient (Wildman–Crippen LogP) is 2.17. The van der Waals surface area contributed by atoms with E-state index in [9.17, 15) is 18.0 Å². The zero-order valence-corrected chi connectivity index (χ0v) is 21.6. The maximum absolute atomic E-state index is 12.5. The molecule has 0 spiro atoms. The summed E-state index contributed by atoms with van der Waals surface area (Å²) in [4.78, 5) is 31.9. The fourth-order valence-electron chi connectivity index (χ4n) is 2.88. The van der Waals surface area contributed by atoms with Crippen LogP contribution in [-0.2, 0) is 33.9 Å². The Morgan fingerprint density at radius 2 is 1.46 bits per heavy atom. The average molecular weight is 561 g/mol. The third-order valence-corrected chi connectivity index (χ3v) is 8.02. The highest BCUT2D eigenvalue weighted by atomic mass is 32.2. The highest BCUT2D eigenvalue weighted by molar-refractivity contribution is 7.91. The third kappa shape index (κ3) is 8.62. The van der Waals surface area contributed by atoms with Crippen LogP contribution >= 0.6 is 22.7 Å². The molecule has 4 rings (SSSR count). The number of hydrogen-bond donors (Lipinski definition) is 2. The SMILES string of the molecule is O=C(Cc1cccnc1)Nc1nnc(CCS(=O)(=O)CCc2nnc(NC(=O)Oc3cccnc3)s2)s1. The lowest BCUT2D eigenvalue weighted by Crippen LogP contribution is -2.16. The monoisotopic (exact) mass is 560 g/mol. The molecule has 4 aromatic rings. The maximum Gasteiger partial charge on any atom is 0.419 e. The number of amides is 2. The van der Waals surface area contributed by atoms with Gasteiger partial charge in [0, 0.05) is 31.4 Å². The van der Waals surface area contributed by atoms with Gasteiger partial charge in [-0.2, -0.15) is 0 Å². The van der Waals surface area contributed by atoms with Crippen molar-refractivity contribution in [2.75, 3.05) is 22.1 Å². The maximum atomic E-state index is 12.5. The first-order valence-corrected chi connectivity index (χ1v) is 14.2. The minimum atomic E-state index is -3.42. The smallest absolute Gasteiger partial charge is 0.408 e. The first-order chi connectivity index (χ1) is 17.8. The molecule has 192 valence electrons. The van der Waals surface area contributed by atoms with Crippen molar-refractivity contribution in [3.05, 3.63) is 64.6 Å². The first-order valence-electron chi connectivity index (χ1n) is 10.8. The molecule has 16 heteroatoms. The summed E-state index contributed by atoms with van der Waals surface area (Å²) in [7, 11) is -3.42. The molecule has 13 nitrogen and oxygen atoms in total. The number of rotatable bonds is 11. The van der Waals surface area contributed by atoms with E-state index in [4.69, 9.17) is 4.74 Å². The van der Waals surface area contributed by atoms with Gasteiger partial charge in [-0.15, -0.1) is 20.4 Å². The van der Waals surface area contributed by atoms with Crippen LogP contribution in [0.2, 0.25) is 0 Å². The lowest BCUT2D eigenvalue weighted by Gasteiger charge is -2.02. The second kappa shape index (κ2) is 12.4. The molecule has 0 aliphatic rings. The number of aryl methyl sites for hydroxylation is 2. The molecule has 37 heavy (non-hydrogen) atoms. The molecule has 0 aliphatic heterocycles. The fourth-order valence-corrected chi connectivity index (χ4v) is 5.83. The van der Waals surface area contributed by atoms with E-state index in [-0.39, 0.29) is 47.6 Å². The molecular formula is C21H20N8O5S3. The van der Waals surface area contributed by atoms with E-state index in [0.717, 1.165) is 28.2 Å². The van der Waals surface area contributed by atoms with E-state index in [2.05, 4.69) is 41.0 Å². The van der Waals surface area contributed by atoms with Crippen molar-refractivity contribution >= 4 is 54.8 Å². The van der Waals surface area contributed by atoms with Gasteiger partial charge in [-0.3, -0.25) is 20.1 Å². The molecule has 0 atom stereocenters. The van der Waals surface area contributed by atoms with Gasteiger partial charge < -0.3 is 10.1 Å². The Morgan fingerprint density at radius 3 is 2.05 bits per heavy atom. The van der Waals surface area contributed by atoms with Gasteiger partial charge in [-0.1, -0.05) is 28.7 Å². The van der Waals surface area contributed by atoms with Crippen molar-refractivity contribution in [1.29, 1.82) is 0 Å². The molecule has 0 aliphatic carbocycles. The highest BCUT2D eigenvalue weighted by Crippen LogP contribution is 2.19. The van der Waals surface area contributed by atoms with Gasteiger partial charge >= 0.3 is 6.09 Å². The van der Waals surface area contributed by atoms with Gasteiger partial charge in [0.1, 0.15) is 10.0 Å². The summed E-state index contributed by atoms with van der Waals surface area (Å²) in [6.45, 7) is 0. The zero-order valence-electron chi connectivity index (χ0n) is 19.1. The van der Waals surface area contributed by atoms with E-state index < -0.39 is 15.9 Å². The molecule has 4 heterocycles. The second-order valence-corrected chi connectivity index (χ2v) is 11.9. The minimum absolute atomic E-state index is 0.132. The van der Waals surface area contributed by atoms with Crippen molar-refractivity contribution in [3.8, 4) is 5.75 Å². The fraction of sp³-hybridized carbons (Fsp3) is 0.238. The summed E-state index contributed by atoms with van der Waals surface area (Å²) >= 11 is 2.18. The molecule has 0 saturated carbocycles.